The van der Waals surface area contributed by atoms with Crippen molar-refractivity contribution in [2.45, 2.75) is 31.2 Å². The summed E-state index contributed by atoms with van der Waals surface area (Å²) in [5.74, 6) is 0.581. The van der Waals surface area contributed by atoms with Crippen molar-refractivity contribution in [2.75, 3.05) is 13.2 Å². The molecule has 1 aromatic heterocycles. The number of rotatable bonds is 5. The molecular formula is C12H17BrN2O4S. The second-order valence-electron chi connectivity index (χ2n) is 4.83. The van der Waals surface area contributed by atoms with Crippen LogP contribution in [0, 0.1) is 0 Å². The third-order valence-electron chi connectivity index (χ3n) is 2.95. The zero-order valence-electron chi connectivity index (χ0n) is 11.2. The van der Waals surface area contributed by atoms with Gasteiger partial charge in [0.1, 0.15) is 16.5 Å². The molecule has 1 N–H and O–H groups in total. The molecular weight excluding hydrogens is 348 g/mol. The van der Waals surface area contributed by atoms with Crippen molar-refractivity contribution in [3.63, 3.8) is 0 Å². The van der Waals surface area contributed by atoms with Gasteiger partial charge in [-0.25, -0.2) is 18.1 Å². The molecule has 1 fully saturated rings. The molecule has 0 saturated carbocycles. The highest BCUT2D eigenvalue weighted by Gasteiger charge is 2.34. The zero-order valence-corrected chi connectivity index (χ0v) is 13.6. The standard InChI is InChI=1S/C12H17BrN2O4S/c1-8(2)20(16,17)15-10-6-18-7-11(10)19-9-3-4-12(13)14-5-9/h3-5,8,10-11,15H,6-7H2,1-2H3/t10-,11+/m1/s1. The summed E-state index contributed by atoms with van der Waals surface area (Å²) in [6.07, 6.45) is 1.22. The summed E-state index contributed by atoms with van der Waals surface area (Å²) in [7, 11) is -3.35. The average molecular weight is 365 g/mol. The van der Waals surface area contributed by atoms with Crippen LogP contribution in [0.15, 0.2) is 22.9 Å². The van der Waals surface area contributed by atoms with Crippen LogP contribution < -0.4 is 9.46 Å². The molecule has 0 radical (unpaired) electrons. The molecule has 2 heterocycles. The predicted octanol–water partition coefficient (Wildman–Crippen LogP) is 1.32. The largest absolute Gasteiger partial charge is 0.485 e. The molecule has 1 aliphatic rings. The minimum atomic E-state index is -3.35. The average Bonchev–Trinajstić information content (AvgIpc) is 2.79. The van der Waals surface area contributed by atoms with E-state index < -0.39 is 15.3 Å². The van der Waals surface area contributed by atoms with Crippen molar-refractivity contribution >= 4 is 26.0 Å². The molecule has 0 aromatic carbocycles. The van der Waals surface area contributed by atoms with E-state index in [0.717, 1.165) is 0 Å². The SMILES string of the molecule is CC(C)S(=O)(=O)N[C@@H]1COC[C@@H]1Oc1ccc(Br)nc1. The lowest BCUT2D eigenvalue weighted by Crippen LogP contribution is -2.47. The molecule has 2 rings (SSSR count). The molecule has 2 atom stereocenters. The van der Waals surface area contributed by atoms with E-state index in [0.29, 0.717) is 23.6 Å². The predicted molar refractivity (Wildman–Crippen MR) is 78.2 cm³/mol. The van der Waals surface area contributed by atoms with Crippen LogP contribution in [-0.4, -0.2) is 44.0 Å². The molecule has 0 amide bonds. The second kappa shape index (κ2) is 6.38. The van der Waals surface area contributed by atoms with Gasteiger partial charge in [0.05, 0.1) is 30.7 Å². The molecule has 0 aliphatic carbocycles. The Hall–Kier alpha value is -0.700. The minimum absolute atomic E-state index is 0.306. The van der Waals surface area contributed by atoms with E-state index in [1.807, 2.05) is 0 Å². The first-order valence-electron chi connectivity index (χ1n) is 6.25. The lowest BCUT2D eigenvalue weighted by Gasteiger charge is -2.21. The van der Waals surface area contributed by atoms with Gasteiger partial charge in [-0.3, -0.25) is 0 Å². The molecule has 1 aromatic rings. The first-order valence-corrected chi connectivity index (χ1v) is 8.59. The van der Waals surface area contributed by atoms with Gasteiger partial charge in [-0.1, -0.05) is 0 Å². The monoisotopic (exact) mass is 364 g/mol. The molecule has 20 heavy (non-hydrogen) atoms. The summed E-state index contributed by atoms with van der Waals surface area (Å²) in [4.78, 5) is 4.06. The van der Waals surface area contributed by atoms with Gasteiger partial charge in [-0.2, -0.15) is 0 Å². The van der Waals surface area contributed by atoms with E-state index in [2.05, 4.69) is 25.6 Å². The van der Waals surface area contributed by atoms with Crippen LogP contribution in [0.2, 0.25) is 0 Å². The van der Waals surface area contributed by atoms with Crippen LogP contribution in [0.5, 0.6) is 5.75 Å². The van der Waals surface area contributed by atoms with Gasteiger partial charge < -0.3 is 9.47 Å². The normalized spacial score (nSPS) is 23.2. The van der Waals surface area contributed by atoms with Crippen LogP contribution >= 0.6 is 15.9 Å². The number of hydrogen-bond donors (Lipinski definition) is 1. The highest BCUT2D eigenvalue weighted by molar-refractivity contribution is 9.10. The molecule has 0 bridgehead atoms. The van der Waals surface area contributed by atoms with Gasteiger partial charge in [0.25, 0.3) is 0 Å². The van der Waals surface area contributed by atoms with Gasteiger partial charge in [-0.05, 0) is 41.9 Å². The fourth-order valence-electron chi connectivity index (χ4n) is 1.71. The maximum atomic E-state index is 11.9. The Morgan fingerprint density at radius 1 is 1.45 bits per heavy atom. The quantitative estimate of drug-likeness (QED) is 0.797. The number of nitrogens with zero attached hydrogens (tertiary/aromatic N) is 1. The fraction of sp³-hybridized carbons (Fsp3) is 0.583. The van der Waals surface area contributed by atoms with E-state index in [9.17, 15) is 8.42 Å². The number of aromatic nitrogens is 1. The zero-order chi connectivity index (χ0) is 14.8. The van der Waals surface area contributed by atoms with E-state index in [1.165, 1.54) is 0 Å². The van der Waals surface area contributed by atoms with Crippen molar-refractivity contribution < 1.29 is 17.9 Å². The smallest absolute Gasteiger partial charge is 0.214 e. The summed E-state index contributed by atoms with van der Waals surface area (Å²) in [6, 6.07) is 3.15. The highest BCUT2D eigenvalue weighted by atomic mass is 79.9. The van der Waals surface area contributed by atoms with Gasteiger partial charge in [0, 0.05) is 0 Å². The van der Waals surface area contributed by atoms with E-state index in [-0.39, 0.29) is 12.1 Å². The van der Waals surface area contributed by atoms with Gasteiger partial charge in [0.15, 0.2) is 0 Å². The van der Waals surface area contributed by atoms with Gasteiger partial charge in [0.2, 0.25) is 10.0 Å². The number of nitrogens with one attached hydrogen (secondary N) is 1. The molecule has 0 unspecified atom stereocenters. The fourth-order valence-corrected chi connectivity index (χ4v) is 2.86. The van der Waals surface area contributed by atoms with Crippen LogP contribution in [0.3, 0.4) is 0 Å². The summed E-state index contributed by atoms with van der Waals surface area (Å²) < 4.78 is 38.2. The Bertz CT molecular complexity index is 547. The Kier molecular flexibility index (Phi) is 5.00. The maximum Gasteiger partial charge on any atom is 0.214 e. The van der Waals surface area contributed by atoms with Crippen molar-refractivity contribution in [2.24, 2.45) is 0 Å². The summed E-state index contributed by atoms with van der Waals surface area (Å²) in [6.45, 7) is 3.92. The Balaban J connectivity index is 2.02. The molecule has 6 nitrogen and oxygen atoms in total. The number of hydrogen-bond acceptors (Lipinski definition) is 5. The van der Waals surface area contributed by atoms with Crippen LogP contribution in [-0.2, 0) is 14.8 Å². The molecule has 8 heteroatoms. The molecule has 1 aliphatic heterocycles. The van der Waals surface area contributed by atoms with Crippen LogP contribution in [0.1, 0.15) is 13.8 Å². The maximum absolute atomic E-state index is 11.9. The van der Waals surface area contributed by atoms with Crippen molar-refractivity contribution in [1.82, 2.24) is 9.71 Å². The number of halogens is 1. The lowest BCUT2D eigenvalue weighted by molar-refractivity contribution is 0.139. The summed E-state index contributed by atoms with van der Waals surface area (Å²) in [5, 5.41) is -0.488. The minimum Gasteiger partial charge on any atom is -0.485 e. The first-order chi connectivity index (χ1) is 9.38. The summed E-state index contributed by atoms with van der Waals surface area (Å²) in [5.41, 5.74) is 0. The highest BCUT2D eigenvalue weighted by Crippen LogP contribution is 2.19. The third-order valence-corrected chi connectivity index (χ3v) is 5.29. The third kappa shape index (κ3) is 3.91. The van der Waals surface area contributed by atoms with Crippen molar-refractivity contribution in [3.8, 4) is 5.75 Å². The first kappa shape index (κ1) is 15.7. The van der Waals surface area contributed by atoms with E-state index in [1.54, 1.807) is 32.2 Å². The van der Waals surface area contributed by atoms with E-state index in [4.69, 9.17) is 9.47 Å². The van der Waals surface area contributed by atoms with E-state index >= 15 is 0 Å². The molecule has 0 spiro atoms. The van der Waals surface area contributed by atoms with Crippen molar-refractivity contribution in [3.05, 3.63) is 22.9 Å². The topological polar surface area (TPSA) is 77.5 Å². The number of pyridine rings is 1. The van der Waals surface area contributed by atoms with Crippen LogP contribution in [0.4, 0.5) is 0 Å². The summed E-state index contributed by atoms with van der Waals surface area (Å²) >= 11 is 3.24. The Morgan fingerprint density at radius 2 is 2.20 bits per heavy atom. The van der Waals surface area contributed by atoms with Crippen molar-refractivity contribution in [1.29, 1.82) is 0 Å². The molecule has 1 saturated heterocycles. The number of ether oxygens (including phenoxy) is 2. The van der Waals surface area contributed by atoms with Gasteiger partial charge in [-0.15, -0.1) is 0 Å². The van der Waals surface area contributed by atoms with Crippen LogP contribution in [0.25, 0.3) is 0 Å². The second-order valence-corrected chi connectivity index (χ2v) is 7.91. The Labute approximate surface area is 127 Å². The Morgan fingerprint density at radius 3 is 2.80 bits per heavy atom. The van der Waals surface area contributed by atoms with Gasteiger partial charge >= 0.3 is 0 Å². The number of sulfonamides is 1. The molecule has 112 valence electrons. The lowest BCUT2D eigenvalue weighted by atomic mass is 10.2.